The fraction of sp³-hybridized carbons (Fsp3) is 0.0833. The predicted octanol–water partition coefficient (Wildman–Crippen LogP) is 4.92. The van der Waals surface area contributed by atoms with E-state index in [4.69, 9.17) is 16.7 Å². The summed E-state index contributed by atoms with van der Waals surface area (Å²) in [5.74, 6) is 0.794. The van der Waals surface area contributed by atoms with Crippen molar-refractivity contribution in [3.05, 3.63) is 101 Å². The van der Waals surface area contributed by atoms with E-state index in [9.17, 15) is 4.79 Å². The zero-order valence-corrected chi connectivity index (χ0v) is 17.9. The number of nitrogens with zero attached hydrogens (tertiary/aromatic N) is 4. The molecule has 0 spiro atoms. The number of hydrogen-bond donors (Lipinski definition) is 2. The van der Waals surface area contributed by atoms with Crippen LogP contribution in [-0.4, -0.2) is 25.7 Å². The molecule has 1 aliphatic heterocycles. The first-order chi connectivity index (χ1) is 15.6. The maximum absolute atomic E-state index is 13.4. The molecule has 2 aromatic heterocycles. The van der Waals surface area contributed by atoms with Gasteiger partial charge < -0.3 is 10.6 Å². The molecular weight excluding hydrogens is 424 g/mol. The highest BCUT2D eigenvalue weighted by molar-refractivity contribution is 6.33. The largest absolute Gasteiger partial charge is 0.328 e. The molecule has 32 heavy (non-hydrogen) atoms. The fourth-order valence-electron chi connectivity index (χ4n) is 3.78. The molecule has 0 bridgehead atoms. The van der Waals surface area contributed by atoms with Gasteiger partial charge in [-0.05, 0) is 36.8 Å². The van der Waals surface area contributed by atoms with E-state index in [1.54, 1.807) is 35.3 Å². The third-order valence-corrected chi connectivity index (χ3v) is 5.58. The van der Waals surface area contributed by atoms with Crippen molar-refractivity contribution in [1.82, 2.24) is 19.7 Å². The number of fused-ring (bicyclic) bond motifs is 1. The van der Waals surface area contributed by atoms with Crippen LogP contribution in [0.3, 0.4) is 0 Å². The van der Waals surface area contributed by atoms with Gasteiger partial charge in [0.15, 0.2) is 5.82 Å². The number of hydrogen-bond acceptors (Lipinski definition) is 5. The third-order valence-electron chi connectivity index (χ3n) is 5.25. The summed E-state index contributed by atoms with van der Waals surface area (Å²) in [5.41, 5.74) is 3.50. The van der Waals surface area contributed by atoms with Gasteiger partial charge >= 0.3 is 0 Å². The van der Waals surface area contributed by atoms with Crippen LogP contribution in [0.2, 0.25) is 5.02 Å². The van der Waals surface area contributed by atoms with Crippen molar-refractivity contribution in [2.45, 2.75) is 13.0 Å². The minimum Gasteiger partial charge on any atom is -0.328 e. The van der Waals surface area contributed by atoms with Crippen LogP contribution >= 0.6 is 11.6 Å². The molecule has 0 fully saturated rings. The van der Waals surface area contributed by atoms with Gasteiger partial charge in [0.1, 0.15) is 6.04 Å². The van der Waals surface area contributed by atoms with E-state index >= 15 is 0 Å². The zero-order chi connectivity index (χ0) is 22.1. The molecule has 1 aliphatic rings. The summed E-state index contributed by atoms with van der Waals surface area (Å²) < 4.78 is 1.74. The number of amides is 1. The summed E-state index contributed by atoms with van der Waals surface area (Å²) in [4.78, 5) is 22.1. The van der Waals surface area contributed by atoms with Crippen LogP contribution in [0.15, 0.2) is 90.4 Å². The maximum Gasteiger partial charge on any atom is 0.255 e. The Morgan fingerprint density at radius 2 is 1.84 bits per heavy atom. The lowest BCUT2D eigenvalue weighted by Crippen LogP contribution is -2.31. The molecule has 0 radical (unpaired) electrons. The van der Waals surface area contributed by atoms with Gasteiger partial charge in [-0.25, -0.2) is 4.68 Å². The molecule has 3 heterocycles. The number of allylic oxidation sites excluding steroid dienone is 1. The topological polar surface area (TPSA) is 84.7 Å². The number of pyridine rings is 1. The number of nitrogens with one attached hydrogen (secondary N) is 2. The van der Waals surface area contributed by atoms with Gasteiger partial charge in [0, 0.05) is 17.5 Å². The van der Waals surface area contributed by atoms with Crippen molar-refractivity contribution in [3.63, 3.8) is 0 Å². The van der Waals surface area contributed by atoms with Crippen LogP contribution in [0.25, 0.3) is 11.4 Å². The van der Waals surface area contributed by atoms with Gasteiger partial charge in [-0.15, -0.1) is 5.10 Å². The van der Waals surface area contributed by atoms with Crippen LogP contribution in [0.1, 0.15) is 18.5 Å². The van der Waals surface area contributed by atoms with E-state index in [2.05, 4.69) is 20.6 Å². The van der Waals surface area contributed by atoms with Crippen molar-refractivity contribution in [2.24, 2.45) is 0 Å². The Balaban J connectivity index is 1.61. The number of benzene rings is 2. The van der Waals surface area contributed by atoms with E-state index in [-0.39, 0.29) is 5.91 Å². The van der Waals surface area contributed by atoms with Gasteiger partial charge in [-0.1, -0.05) is 54.1 Å². The molecule has 5 rings (SSSR count). The molecule has 2 aromatic carbocycles. The van der Waals surface area contributed by atoms with Crippen molar-refractivity contribution in [1.29, 1.82) is 0 Å². The first kappa shape index (κ1) is 20.0. The van der Waals surface area contributed by atoms with Crippen molar-refractivity contribution < 1.29 is 4.79 Å². The van der Waals surface area contributed by atoms with Gasteiger partial charge in [-0.3, -0.25) is 9.78 Å². The first-order valence-corrected chi connectivity index (χ1v) is 10.4. The van der Waals surface area contributed by atoms with E-state index in [0.717, 1.165) is 11.1 Å². The molecule has 0 saturated heterocycles. The van der Waals surface area contributed by atoms with Crippen molar-refractivity contribution >= 4 is 29.1 Å². The Morgan fingerprint density at radius 3 is 2.59 bits per heavy atom. The van der Waals surface area contributed by atoms with Crippen molar-refractivity contribution in [3.8, 4) is 11.4 Å². The first-order valence-electron chi connectivity index (χ1n) is 10.1. The van der Waals surface area contributed by atoms with E-state index in [0.29, 0.717) is 33.8 Å². The molecular formula is C24H19ClN6O. The van der Waals surface area contributed by atoms with Crippen LogP contribution in [0.5, 0.6) is 0 Å². The highest BCUT2D eigenvalue weighted by atomic mass is 35.5. The molecule has 1 unspecified atom stereocenters. The molecule has 7 nitrogen and oxygen atoms in total. The van der Waals surface area contributed by atoms with E-state index in [1.165, 1.54) is 0 Å². The Hall–Kier alpha value is -3.97. The number of halogens is 1. The minimum absolute atomic E-state index is 0.239. The lowest BCUT2D eigenvalue weighted by molar-refractivity contribution is -0.113. The van der Waals surface area contributed by atoms with Crippen LogP contribution < -0.4 is 10.6 Å². The number of carbonyl (C=O) groups is 1. The highest BCUT2D eigenvalue weighted by Gasteiger charge is 2.34. The minimum atomic E-state index is -0.465. The molecule has 1 amide bonds. The summed E-state index contributed by atoms with van der Waals surface area (Å²) in [6, 6.07) is 20.3. The fourth-order valence-corrected chi connectivity index (χ4v) is 4.00. The lowest BCUT2D eigenvalue weighted by Gasteiger charge is -2.28. The van der Waals surface area contributed by atoms with Crippen LogP contribution in [0, 0.1) is 0 Å². The van der Waals surface area contributed by atoms with Gasteiger partial charge in [-0.2, -0.15) is 4.98 Å². The normalized spacial score (nSPS) is 15.1. The van der Waals surface area contributed by atoms with Gasteiger partial charge in [0.25, 0.3) is 5.91 Å². The number of aromatic nitrogens is 4. The summed E-state index contributed by atoms with van der Waals surface area (Å²) >= 11 is 6.38. The van der Waals surface area contributed by atoms with E-state index in [1.807, 2.05) is 55.5 Å². The molecule has 0 saturated carbocycles. The maximum atomic E-state index is 13.4. The van der Waals surface area contributed by atoms with Crippen LogP contribution in [-0.2, 0) is 4.79 Å². The lowest BCUT2D eigenvalue weighted by atomic mass is 9.95. The summed E-state index contributed by atoms with van der Waals surface area (Å²) in [6.45, 7) is 1.86. The zero-order valence-electron chi connectivity index (χ0n) is 17.2. The molecule has 1 atom stereocenters. The molecule has 2 N–H and O–H groups in total. The molecule has 4 aromatic rings. The van der Waals surface area contributed by atoms with E-state index < -0.39 is 6.04 Å². The standard InChI is InChI=1S/C24H19ClN6O/c1-15-20(23(32)28-17-10-7-13-26-14-17)21(16-8-3-2-4-9-16)31-24(27-15)29-22(30-31)18-11-5-6-12-19(18)25/h2-14,21H,1H3,(H,28,32)(H,27,29,30). The SMILES string of the molecule is CC1=C(C(=O)Nc2cccnc2)C(c2ccccc2)n2nc(-c3ccccc3Cl)nc2N1. The number of rotatable bonds is 4. The predicted molar refractivity (Wildman–Crippen MR) is 124 cm³/mol. The number of anilines is 2. The average Bonchev–Trinajstić information content (AvgIpc) is 3.23. The van der Waals surface area contributed by atoms with Crippen molar-refractivity contribution in [2.75, 3.05) is 10.6 Å². The molecule has 8 heteroatoms. The number of carbonyl (C=O) groups excluding carboxylic acids is 1. The molecule has 158 valence electrons. The highest BCUT2D eigenvalue weighted by Crippen LogP contribution is 2.37. The second-order valence-corrected chi connectivity index (χ2v) is 7.76. The second kappa shape index (κ2) is 8.28. The average molecular weight is 443 g/mol. The Labute approximate surface area is 189 Å². The van der Waals surface area contributed by atoms with Gasteiger partial charge in [0.2, 0.25) is 5.95 Å². The summed E-state index contributed by atoms with van der Waals surface area (Å²) in [7, 11) is 0. The second-order valence-electron chi connectivity index (χ2n) is 7.36. The Kier molecular flexibility index (Phi) is 5.17. The molecule has 0 aliphatic carbocycles. The Morgan fingerprint density at radius 1 is 1.06 bits per heavy atom. The summed E-state index contributed by atoms with van der Waals surface area (Å²) in [6.07, 6.45) is 3.27. The van der Waals surface area contributed by atoms with Crippen LogP contribution in [0.4, 0.5) is 11.6 Å². The quantitative estimate of drug-likeness (QED) is 0.468. The third kappa shape index (κ3) is 3.63. The Bertz CT molecular complexity index is 1320. The summed E-state index contributed by atoms with van der Waals surface area (Å²) in [5, 5.41) is 11.5. The monoisotopic (exact) mass is 442 g/mol. The van der Waals surface area contributed by atoms with Gasteiger partial charge in [0.05, 0.1) is 22.5 Å². The smallest absolute Gasteiger partial charge is 0.255 e.